The standard InChI is InChI=1S/C14H13IO/c1-11-6-2-3-7-12(11)10-16-14-9-5-4-8-13(14)15/h2-9H,10H2,1H3. The second-order valence-corrected chi connectivity index (χ2v) is 4.81. The van der Waals surface area contributed by atoms with Gasteiger partial charge in [-0.25, -0.2) is 0 Å². The molecular weight excluding hydrogens is 311 g/mol. The number of rotatable bonds is 3. The number of halogens is 1. The van der Waals surface area contributed by atoms with E-state index in [1.807, 2.05) is 36.4 Å². The summed E-state index contributed by atoms with van der Waals surface area (Å²) in [6.07, 6.45) is 0. The normalized spacial score (nSPS) is 10.1. The Morgan fingerprint density at radius 2 is 1.69 bits per heavy atom. The lowest BCUT2D eigenvalue weighted by molar-refractivity contribution is 0.303. The van der Waals surface area contributed by atoms with Crippen molar-refractivity contribution in [2.75, 3.05) is 0 Å². The van der Waals surface area contributed by atoms with Gasteiger partial charge in [0.1, 0.15) is 12.4 Å². The lowest BCUT2D eigenvalue weighted by Gasteiger charge is -2.09. The minimum Gasteiger partial charge on any atom is -0.488 e. The van der Waals surface area contributed by atoms with E-state index in [0.717, 1.165) is 9.32 Å². The van der Waals surface area contributed by atoms with Crippen molar-refractivity contribution in [2.24, 2.45) is 0 Å². The summed E-state index contributed by atoms with van der Waals surface area (Å²) in [6, 6.07) is 16.4. The van der Waals surface area contributed by atoms with Crippen molar-refractivity contribution in [1.29, 1.82) is 0 Å². The third-order valence-corrected chi connectivity index (χ3v) is 3.37. The van der Waals surface area contributed by atoms with Gasteiger partial charge in [0.15, 0.2) is 0 Å². The molecule has 0 saturated heterocycles. The molecule has 2 heteroatoms. The molecule has 2 aromatic rings. The Morgan fingerprint density at radius 1 is 1.00 bits per heavy atom. The zero-order valence-corrected chi connectivity index (χ0v) is 11.3. The van der Waals surface area contributed by atoms with Gasteiger partial charge in [0.05, 0.1) is 3.57 Å². The largest absolute Gasteiger partial charge is 0.488 e. The third kappa shape index (κ3) is 2.76. The van der Waals surface area contributed by atoms with Crippen LogP contribution in [-0.2, 0) is 6.61 Å². The summed E-state index contributed by atoms with van der Waals surface area (Å²) in [5.41, 5.74) is 2.51. The van der Waals surface area contributed by atoms with Gasteiger partial charge in [-0.2, -0.15) is 0 Å². The minimum atomic E-state index is 0.632. The Bertz CT molecular complexity index is 434. The summed E-state index contributed by atoms with van der Waals surface area (Å²) in [5.74, 6) is 0.950. The fourth-order valence-electron chi connectivity index (χ4n) is 1.49. The molecule has 16 heavy (non-hydrogen) atoms. The molecule has 0 aliphatic carbocycles. The predicted molar refractivity (Wildman–Crippen MR) is 74.7 cm³/mol. The highest BCUT2D eigenvalue weighted by Crippen LogP contribution is 2.21. The molecule has 0 saturated carbocycles. The summed E-state index contributed by atoms with van der Waals surface area (Å²) in [7, 11) is 0. The van der Waals surface area contributed by atoms with Crippen molar-refractivity contribution < 1.29 is 4.74 Å². The number of benzene rings is 2. The first-order valence-electron chi connectivity index (χ1n) is 5.19. The molecule has 0 amide bonds. The first-order valence-corrected chi connectivity index (χ1v) is 6.27. The monoisotopic (exact) mass is 324 g/mol. The highest BCUT2D eigenvalue weighted by molar-refractivity contribution is 14.1. The van der Waals surface area contributed by atoms with Crippen LogP contribution in [-0.4, -0.2) is 0 Å². The van der Waals surface area contributed by atoms with Gasteiger partial charge in [-0.15, -0.1) is 0 Å². The molecule has 0 aliphatic heterocycles. The Hall–Kier alpha value is -1.03. The summed E-state index contributed by atoms with van der Waals surface area (Å²) >= 11 is 2.29. The average molecular weight is 324 g/mol. The molecular formula is C14H13IO. The molecule has 0 fully saturated rings. The van der Waals surface area contributed by atoms with Gasteiger partial charge >= 0.3 is 0 Å². The second kappa shape index (κ2) is 5.34. The van der Waals surface area contributed by atoms with Gasteiger partial charge in [-0.05, 0) is 52.8 Å². The molecule has 0 aromatic heterocycles. The number of para-hydroxylation sites is 1. The van der Waals surface area contributed by atoms with Crippen LogP contribution in [0.1, 0.15) is 11.1 Å². The van der Waals surface area contributed by atoms with Gasteiger partial charge in [-0.1, -0.05) is 36.4 Å². The molecule has 2 rings (SSSR count). The third-order valence-electron chi connectivity index (χ3n) is 2.48. The van der Waals surface area contributed by atoms with E-state index in [1.165, 1.54) is 11.1 Å². The van der Waals surface area contributed by atoms with Gasteiger partial charge < -0.3 is 4.74 Å². The van der Waals surface area contributed by atoms with Crippen molar-refractivity contribution in [2.45, 2.75) is 13.5 Å². The van der Waals surface area contributed by atoms with E-state index in [0.29, 0.717) is 6.61 Å². The highest BCUT2D eigenvalue weighted by Gasteiger charge is 2.01. The summed E-state index contributed by atoms with van der Waals surface area (Å²) < 4.78 is 6.94. The second-order valence-electron chi connectivity index (χ2n) is 3.65. The molecule has 0 atom stereocenters. The fraction of sp³-hybridized carbons (Fsp3) is 0.143. The zero-order valence-electron chi connectivity index (χ0n) is 9.11. The zero-order chi connectivity index (χ0) is 11.4. The number of hydrogen-bond acceptors (Lipinski definition) is 1. The predicted octanol–water partition coefficient (Wildman–Crippen LogP) is 4.18. The van der Waals surface area contributed by atoms with Crippen molar-refractivity contribution in [1.82, 2.24) is 0 Å². The Balaban J connectivity index is 2.09. The van der Waals surface area contributed by atoms with Crippen molar-refractivity contribution in [3.05, 3.63) is 63.2 Å². The summed E-state index contributed by atoms with van der Waals surface area (Å²) in [5, 5.41) is 0. The Morgan fingerprint density at radius 3 is 2.44 bits per heavy atom. The van der Waals surface area contributed by atoms with Crippen molar-refractivity contribution in [3.63, 3.8) is 0 Å². The number of hydrogen-bond donors (Lipinski definition) is 0. The van der Waals surface area contributed by atoms with E-state index in [1.54, 1.807) is 0 Å². The molecule has 1 nitrogen and oxygen atoms in total. The molecule has 82 valence electrons. The van der Waals surface area contributed by atoms with Crippen LogP contribution in [0, 0.1) is 10.5 Å². The Labute approximate surface area is 110 Å². The van der Waals surface area contributed by atoms with Crippen LogP contribution < -0.4 is 4.74 Å². The van der Waals surface area contributed by atoms with Gasteiger partial charge in [0.25, 0.3) is 0 Å². The quantitative estimate of drug-likeness (QED) is 0.770. The lowest BCUT2D eigenvalue weighted by atomic mass is 10.1. The molecule has 2 aromatic carbocycles. The van der Waals surface area contributed by atoms with Gasteiger partial charge in [-0.3, -0.25) is 0 Å². The van der Waals surface area contributed by atoms with Crippen LogP contribution >= 0.6 is 22.6 Å². The lowest BCUT2D eigenvalue weighted by Crippen LogP contribution is -1.98. The molecule has 0 spiro atoms. The molecule has 0 radical (unpaired) electrons. The van der Waals surface area contributed by atoms with E-state index in [4.69, 9.17) is 4.74 Å². The van der Waals surface area contributed by atoms with E-state index >= 15 is 0 Å². The van der Waals surface area contributed by atoms with Crippen molar-refractivity contribution in [3.8, 4) is 5.75 Å². The average Bonchev–Trinajstić information content (AvgIpc) is 2.30. The van der Waals surface area contributed by atoms with Gasteiger partial charge in [0, 0.05) is 0 Å². The van der Waals surface area contributed by atoms with Crippen LogP contribution in [0.2, 0.25) is 0 Å². The molecule has 0 bridgehead atoms. The highest BCUT2D eigenvalue weighted by atomic mass is 127. The number of ether oxygens (including phenoxy) is 1. The van der Waals surface area contributed by atoms with Crippen LogP contribution in [0.25, 0.3) is 0 Å². The van der Waals surface area contributed by atoms with Crippen molar-refractivity contribution >= 4 is 22.6 Å². The molecule has 0 N–H and O–H groups in total. The molecule has 0 unspecified atom stereocenters. The summed E-state index contributed by atoms with van der Waals surface area (Å²) in [6.45, 7) is 2.74. The maximum absolute atomic E-state index is 5.80. The van der Waals surface area contributed by atoms with Crippen LogP contribution in [0.15, 0.2) is 48.5 Å². The van der Waals surface area contributed by atoms with E-state index < -0.39 is 0 Å². The first-order chi connectivity index (χ1) is 7.77. The SMILES string of the molecule is Cc1ccccc1COc1ccccc1I. The van der Waals surface area contributed by atoms with E-state index in [-0.39, 0.29) is 0 Å². The minimum absolute atomic E-state index is 0.632. The Kier molecular flexibility index (Phi) is 3.83. The smallest absolute Gasteiger partial charge is 0.133 e. The van der Waals surface area contributed by atoms with E-state index in [9.17, 15) is 0 Å². The maximum Gasteiger partial charge on any atom is 0.133 e. The molecule has 0 aliphatic rings. The number of aryl methyl sites for hydroxylation is 1. The maximum atomic E-state index is 5.80. The van der Waals surface area contributed by atoms with Crippen LogP contribution in [0.3, 0.4) is 0 Å². The van der Waals surface area contributed by atoms with Crippen LogP contribution in [0.4, 0.5) is 0 Å². The van der Waals surface area contributed by atoms with Crippen LogP contribution in [0.5, 0.6) is 5.75 Å². The molecule has 0 heterocycles. The van der Waals surface area contributed by atoms with Gasteiger partial charge in [0.2, 0.25) is 0 Å². The van der Waals surface area contributed by atoms with E-state index in [2.05, 4.69) is 41.6 Å². The topological polar surface area (TPSA) is 9.23 Å². The first kappa shape index (κ1) is 11.5. The summed E-state index contributed by atoms with van der Waals surface area (Å²) in [4.78, 5) is 0. The fourth-order valence-corrected chi connectivity index (χ4v) is 2.03.